The molecule has 0 bridgehead atoms. The van der Waals surface area contributed by atoms with E-state index < -0.39 is 0 Å². The molecule has 2 aliphatic heterocycles. The van der Waals surface area contributed by atoms with Crippen LogP contribution < -0.4 is 5.32 Å². The average molecular weight is 431 g/mol. The fourth-order valence-corrected chi connectivity index (χ4v) is 5.42. The van der Waals surface area contributed by atoms with Gasteiger partial charge in [0.15, 0.2) is 0 Å². The third-order valence-corrected chi connectivity index (χ3v) is 7.53. The van der Waals surface area contributed by atoms with Crippen LogP contribution in [0, 0.1) is 13.8 Å². The van der Waals surface area contributed by atoms with Crippen LogP contribution in [0.3, 0.4) is 0 Å². The molecule has 0 unspecified atom stereocenters. The second-order valence-electron chi connectivity index (χ2n) is 8.92. The van der Waals surface area contributed by atoms with Gasteiger partial charge in [-0.3, -0.25) is 14.6 Å². The van der Waals surface area contributed by atoms with Crippen molar-refractivity contribution >= 4 is 33.3 Å². The Morgan fingerprint density at radius 2 is 1.80 bits per heavy atom. The zero-order chi connectivity index (χ0) is 21.3. The van der Waals surface area contributed by atoms with Crippen LogP contribution in [0.1, 0.15) is 41.9 Å². The molecule has 2 aliphatic rings. The maximum Gasteiger partial charge on any atom is 0.236 e. The quantitative estimate of drug-likeness (QED) is 0.760. The fraction of sp³-hybridized carbons (Fsp3) is 0.682. The van der Waals surface area contributed by atoms with Gasteiger partial charge in [-0.05, 0) is 58.2 Å². The van der Waals surface area contributed by atoms with Gasteiger partial charge in [0.2, 0.25) is 5.91 Å². The number of nitrogens with zero attached hydrogens (tertiary/aromatic N) is 5. The zero-order valence-electron chi connectivity index (χ0n) is 18.7. The fourth-order valence-electron chi connectivity index (χ4n) is 4.37. The van der Waals surface area contributed by atoms with Crippen molar-refractivity contribution in [2.24, 2.45) is 0 Å². The summed E-state index contributed by atoms with van der Waals surface area (Å²) < 4.78 is 0. The van der Waals surface area contributed by atoms with Gasteiger partial charge in [0.1, 0.15) is 16.5 Å². The maximum atomic E-state index is 12.0. The van der Waals surface area contributed by atoms with Gasteiger partial charge in [0, 0.05) is 38.1 Å². The van der Waals surface area contributed by atoms with Gasteiger partial charge in [0.05, 0.1) is 18.5 Å². The van der Waals surface area contributed by atoms with Crippen LogP contribution >= 0.6 is 11.3 Å². The largest absolute Gasteiger partial charge is 0.367 e. The van der Waals surface area contributed by atoms with Crippen molar-refractivity contribution in [1.82, 2.24) is 24.7 Å². The molecule has 2 fully saturated rings. The minimum Gasteiger partial charge on any atom is -0.367 e. The first-order chi connectivity index (χ1) is 14.4. The number of hydrogen-bond acceptors (Lipinski definition) is 7. The first-order valence-electron chi connectivity index (χ1n) is 11.1. The number of hydrogen-bond donors (Lipinski definition) is 1. The number of carbonyl (C=O) groups is 1. The van der Waals surface area contributed by atoms with Crippen molar-refractivity contribution in [2.45, 2.75) is 52.1 Å². The lowest BCUT2D eigenvalue weighted by Crippen LogP contribution is -2.44. The van der Waals surface area contributed by atoms with E-state index in [2.05, 4.69) is 29.0 Å². The highest BCUT2D eigenvalue weighted by Crippen LogP contribution is 2.34. The number of aromatic nitrogens is 2. The van der Waals surface area contributed by atoms with E-state index in [-0.39, 0.29) is 5.91 Å². The topological polar surface area (TPSA) is 64.6 Å². The van der Waals surface area contributed by atoms with E-state index in [1.807, 2.05) is 14.1 Å². The minimum absolute atomic E-state index is 0.176. The summed E-state index contributed by atoms with van der Waals surface area (Å²) in [6.07, 6.45) is 4.60. The molecule has 0 spiro atoms. The van der Waals surface area contributed by atoms with E-state index in [1.54, 1.807) is 16.2 Å². The summed E-state index contributed by atoms with van der Waals surface area (Å²) in [6, 6.07) is 0.382. The van der Waals surface area contributed by atoms with Gasteiger partial charge in [-0.15, -0.1) is 11.3 Å². The maximum absolute atomic E-state index is 12.0. The molecular formula is C22H34N6OS. The summed E-state index contributed by atoms with van der Waals surface area (Å²) in [7, 11) is 3.64. The highest BCUT2D eigenvalue weighted by atomic mass is 32.1. The number of thiophene rings is 1. The molecule has 0 radical (unpaired) electrons. The molecule has 2 aromatic heterocycles. The molecule has 164 valence electrons. The Bertz CT molecular complexity index is 897. The highest BCUT2D eigenvalue weighted by molar-refractivity contribution is 7.18. The molecule has 4 rings (SSSR count). The number of anilines is 1. The normalized spacial score (nSPS) is 18.9. The lowest BCUT2D eigenvalue weighted by Gasteiger charge is -2.32. The molecule has 0 aliphatic carbocycles. The lowest BCUT2D eigenvalue weighted by atomic mass is 10.0. The van der Waals surface area contributed by atoms with Gasteiger partial charge >= 0.3 is 0 Å². The standard InChI is InChI=1S/C22H34N6OS/c1-15-16(2)30-22-20(15)21(24-18(25-22)13-27-9-5-6-10-27)23-17-7-11-28(12-8-17)14-19(29)26(3)4/h17H,5-14H2,1-4H3,(H,23,24,25). The van der Waals surface area contributed by atoms with Crippen LogP contribution in [0.2, 0.25) is 0 Å². The molecule has 2 aromatic rings. The predicted octanol–water partition coefficient (Wildman–Crippen LogP) is 2.87. The molecule has 1 N–H and O–H groups in total. The first-order valence-corrected chi connectivity index (χ1v) is 11.9. The molecule has 7 nitrogen and oxygen atoms in total. The highest BCUT2D eigenvalue weighted by Gasteiger charge is 2.24. The Balaban J connectivity index is 1.48. The Labute approximate surface area is 183 Å². The van der Waals surface area contributed by atoms with Gasteiger partial charge < -0.3 is 10.2 Å². The van der Waals surface area contributed by atoms with Crippen molar-refractivity contribution in [3.63, 3.8) is 0 Å². The van der Waals surface area contributed by atoms with Crippen molar-refractivity contribution in [1.29, 1.82) is 0 Å². The average Bonchev–Trinajstić information content (AvgIpc) is 3.31. The summed E-state index contributed by atoms with van der Waals surface area (Å²) in [5.41, 5.74) is 1.29. The number of nitrogens with one attached hydrogen (secondary N) is 1. The van der Waals surface area contributed by atoms with Gasteiger partial charge in [-0.2, -0.15) is 0 Å². The van der Waals surface area contributed by atoms with Crippen LogP contribution in [0.25, 0.3) is 10.2 Å². The second kappa shape index (κ2) is 9.16. The van der Waals surface area contributed by atoms with Gasteiger partial charge in [-0.25, -0.2) is 9.97 Å². The third kappa shape index (κ3) is 4.76. The summed E-state index contributed by atoms with van der Waals surface area (Å²) in [5, 5.41) is 4.94. The Kier molecular flexibility index (Phi) is 6.55. The number of carbonyl (C=O) groups excluding carboxylic acids is 1. The van der Waals surface area contributed by atoms with E-state index in [9.17, 15) is 4.79 Å². The molecule has 0 saturated carbocycles. The van der Waals surface area contributed by atoms with Gasteiger partial charge in [0.25, 0.3) is 0 Å². The minimum atomic E-state index is 0.176. The van der Waals surface area contributed by atoms with Crippen molar-refractivity contribution in [2.75, 3.05) is 52.1 Å². The van der Waals surface area contributed by atoms with E-state index in [0.29, 0.717) is 12.6 Å². The molecule has 30 heavy (non-hydrogen) atoms. The predicted molar refractivity (Wildman–Crippen MR) is 123 cm³/mol. The number of likely N-dealkylation sites (tertiary alicyclic amines) is 2. The van der Waals surface area contributed by atoms with E-state index in [0.717, 1.165) is 62.0 Å². The van der Waals surface area contributed by atoms with E-state index >= 15 is 0 Å². The van der Waals surface area contributed by atoms with Crippen LogP contribution in [0.4, 0.5) is 5.82 Å². The molecule has 1 amide bonds. The molecule has 2 saturated heterocycles. The molecule has 0 aromatic carbocycles. The van der Waals surface area contributed by atoms with Crippen molar-refractivity contribution < 1.29 is 4.79 Å². The summed E-state index contributed by atoms with van der Waals surface area (Å²) in [4.78, 5) is 30.7. The number of aryl methyl sites for hydroxylation is 2. The van der Waals surface area contributed by atoms with Crippen molar-refractivity contribution in [3.8, 4) is 0 Å². The lowest BCUT2D eigenvalue weighted by molar-refractivity contribution is -0.130. The number of piperidine rings is 1. The monoisotopic (exact) mass is 430 g/mol. The van der Waals surface area contributed by atoms with Gasteiger partial charge in [-0.1, -0.05) is 0 Å². The molecule has 8 heteroatoms. The summed E-state index contributed by atoms with van der Waals surface area (Å²) in [5.74, 6) is 2.11. The molecule has 0 atom stereocenters. The first kappa shape index (κ1) is 21.5. The Morgan fingerprint density at radius 1 is 1.10 bits per heavy atom. The summed E-state index contributed by atoms with van der Waals surface area (Å²) >= 11 is 1.78. The number of amides is 1. The second-order valence-corrected chi connectivity index (χ2v) is 10.1. The van der Waals surface area contributed by atoms with Crippen molar-refractivity contribution in [3.05, 3.63) is 16.3 Å². The number of rotatable bonds is 6. The van der Waals surface area contributed by atoms with E-state index in [1.165, 1.54) is 28.7 Å². The smallest absolute Gasteiger partial charge is 0.236 e. The molecular weight excluding hydrogens is 396 g/mol. The van der Waals surface area contributed by atoms with Crippen LogP contribution in [0.5, 0.6) is 0 Å². The Hall–Kier alpha value is -1.77. The summed E-state index contributed by atoms with van der Waals surface area (Å²) in [6.45, 7) is 9.88. The van der Waals surface area contributed by atoms with Crippen LogP contribution in [-0.4, -0.2) is 83.4 Å². The zero-order valence-corrected chi connectivity index (χ0v) is 19.5. The SMILES string of the molecule is Cc1sc2nc(CN3CCCC3)nc(NC3CCN(CC(=O)N(C)C)CC3)c2c1C. The van der Waals surface area contributed by atoms with E-state index in [4.69, 9.17) is 9.97 Å². The van der Waals surface area contributed by atoms with Crippen LogP contribution in [0.15, 0.2) is 0 Å². The third-order valence-electron chi connectivity index (χ3n) is 6.42. The number of fused-ring (bicyclic) bond motifs is 1. The van der Waals surface area contributed by atoms with Crippen LogP contribution in [-0.2, 0) is 11.3 Å². The number of likely N-dealkylation sites (N-methyl/N-ethyl adjacent to an activating group) is 1. The molecule has 4 heterocycles. The Morgan fingerprint density at radius 3 is 2.47 bits per heavy atom.